The van der Waals surface area contributed by atoms with Gasteiger partial charge in [0.1, 0.15) is 6.61 Å². The Morgan fingerprint density at radius 1 is 1.21 bits per heavy atom. The molecule has 1 saturated heterocycles. The molecule has 0 bridgehead atoms. The first-order valence-corrected chi connectivity index (χ1v) is 16.4. The van der Waals surface area contributed by atoms with Gasteiger partial charge in [-0.1, -0.05) is 44.6 Å². The molecule has 0 unspecified atom stereocenters. The SMILES string of the molecule is CCc1sc([C@@H]2O[C@@H]3C[C@H]4[C@@H]5CCC6=CC(=O)C=C[C@]6(C)[C@H]5[C@@H](O)C[C@]4(C)[C@]3(C(=O)CO)O2)cc1Cc1ccc(N)cc1. The Labute approximate surface area is 256 Å². The number of aliphatic hydroxyl groups excluding tert-OH is 2. The van der Waals surface area contributed by atoms with Crippen molar-refractivity contribution in [2.45, 2.75) is 83.4 Å². The van der Waals surface area contributed by atoms with Gasteiger partial charge in [0.15, 0.2) is 23.5 Å². The standard InChI is InChI=1S/C35H41NO6S/c1-4-27-20(13-19-5-8-22(36)9-6-19)14-28(43-27)32-41-30-16-25-24-10-7-21-15-23(38)11-12-33(21,2)31(24)26(39)17-34(25,3)35(30,42-32)29(40)18-37/h5-6,8-9,11-12,14-15,24-26,30-32,37,39H,4,7,10,13,16-18,36H2,1-3H3/t24-,25-,26-,30+,31+,32+,33-,34-,35+/m0/s1. The van der Waals surface area contributed by atoms with E-state index >= 15 is 0 Å². The zero-order chi connectivity index (χ0) is 30.3. The Bertz CT molecular complexity index is 1530. The van der Waals surface area contributed by atoms with E-state index in [1.54, 1.807) is 23.5 Å². The third-order valence-corrected chi connectivity index (χ3v) is 13.0. The minimum Gasteiger partial charge on any atom is -0.399 e. The van der Waals surface area contributed by atoms with Gasteiger partial charge in [-0.2, -0.15) is 0 Å². The maximum atomic E-state index is 13.8. The molecule has 3 saturated carbocycles. The van der Waals surface area contributed by atoms with Gasteiger partial charge in [-0.05, 0) is 91.8 Å². The molecule has 1 aliphatic heterocycles. The normalized spacial score (nSPS) is 39.6. The van der Waals surface area contributed by atoms with Crippen LogP contribution in [0.2, 0.25) is 0 Å². The first-order chi connectivity index (χ1) is 20.5. The highest BCUT2D eigenvalue weighted by Crippen LogP contribution is 2.70. The third kappa shape index (κ3) is 4.13. The zero-order valence-electron chi connectivity index (χ0n) is 25.0. The number of anilines is 1. The zero-order valence-corrected chi connectivity index (χ0v) is 25.9. The van der Waals surface area contributed by atoms with Crippen molar-refractivity contribution < 1.29 is 29.3 Å². The Kier molecular flexibility index (Phi) is 6.91. The summed E-state index contributed by atoms with van der Waals surface area (Å²) in [6.07, 6.45) is 7.72. The van der Waals surface area contributed by atoms with E-state index in [1.165, 1.54) is 16.0 Å². The Morgan fingerprint density at radius 3 is 2.70 bits per heavy atom. The number of aliphatic hydroxyl groups is 2. The van der Waals surface area contributed by atoms with Crippen LogP contribution in [0.15, 0.2) is 54.1 Å². The summed E-state index contributed by atoms with van der Waals surface area (Å²) in [7, 11) is 0. The summed E-state index contributed by atoms with van der Waals surface area (Å²) in [5.74, 6) is -0.217. The summed E-state index contributed by atoms with van der Waals surface area (Å²) in [6.45, 7) is 5.71. The van der Waals surface area contributed by atoms with Gasteiger partial charge in [0.2, 0.25) is 0 Å². The molecule has 8 heteroatoms. The highest BCUT2D eigenvalue weighted by atomic mass is 32.1. The van der Waals surface area contributed by atoms with Crippen molar-refractivity contribution in [2.75, 3.05) is 12.3 Å². The van der Waals surface area contributed by atoms with Crippen LogP contribution in [0.25, 0.3) is 0 Å². The number of Topliss-reactive ketones (excluding diaryl/α,β-unsaturated/α-hetero) is 1. The summed E-state index contributed by atoms with van der Waals surface area (Å²) in [5.41, 5.74) is 7.64. The number of rotatable bonds is 6. The Morgan fingerprint density at radius 2 is 1.98 bits per heavy atom. The van der Waals surface area contributed by atoms with E-state index in [4.69, 9.17) is 15.2 Å². The molecule has 4 N–H and O–H groups in total. The molecule has 7 rings (SSSR count). The molecule has 2 heterocycles. The van der Waals surface area contributed by atoms with Gasteiger partial charge in [0, 0.05) is 27.3 Å². The van der Waals surface area contributed by atoms with E-state index in [0.29, 0.717) is 12.8 Å². The first-order valence-electron chi connectivity index (χ1n) is 15.6. The number of hydrogen-bond donors (Lipinski definition) is 3. The number of fused-ring (bicyclic) bond motifs is 7. The van der Waals surface area contributed by atoms with Gasteiger partial charge < -0.3 is 25.4 Å². The number of benzene rings is 1. The molecule has 7 nitrogen and oxygen atoms in total. The number of allylic oxidation sites excluding steroid dienone is 4. The van der Waals surface area contributed by atoms with E-state index in [0.717, 1.165) is 41.8 Å². The predicted molar refractivity (Wildman–Crippen MR) is 164 cm³/mol. The number of thiophene rings is 1. The third-order valence-electron chi connectivity index (χ3n) is 11.6. The van der Waals surface area contributed by atoms with E-state index in [1.807, 2.05) is 30.3 Å². The van der Waals surface area contributed by atoms with E-state index < -0.39 is 41.5 Å². The van der Waals surface area contributed by atoms with Crippen LogP contribution in [0.3, 0.4) is 0 Å². The number of carbonyl (C=O) groups excluding carboxylic acids is 2. The molecule has 9 atom stereocenters. The van der Waals surface area contributed by atoms with Crippen LogP contribution in [0.5, 0.6) is 0 Å². The van der Waals surface area contributed by atoms with Crippen LogP contribution in [-0.4, -0.2) is 46.2 Å². The fraction of sp³-hybridized carbons (Fsp3) is 0.543. The van der Waals surface area contributed by atoms with Crippen molar-refractivity contribution in [1.82, 2.24) is 0 Å². The smallest absolute Gasteiger partial charge is 0.194 e. The molecule has 0 amide bonds. The van der Waals surface area contributed by atoms with Crippen LogP contribution in [0.1, 0.15) is 73.6 Å². The lowest BCUT2D eigenvalue weighted by Crippen LogP contribution is -2.63. The summed E-state index contributed by atoms with van der Waals surface area (Å²) in [4.78, 5) is 28.2. The predicted octanol–water partition coefficient (Wildman–Crippen LogP) is 5.09. The quantitative estimate of drug-likeness (QED) is 0.394. The van der Waals surface area contributed by atoms with Crippen molar-refractivity contribution in [3.8, 4) is 0 Å². The average molecular weight is 604 g/mol. The fourth-order valence-corrected chi connectivity index (χ4v) is 10.8. The lowest BCUT2D eigenvalue weighted by molar-refractivity contribution is -0.200. The molecule has 1 aromatic heterocycles. The van der Waals surface area contributed by atoms with Gasteiger partial charge in [0.05, 0.1) is 17.1 Å². The highest BCUT2D eigenvalue weighted by molar-refractivity contribution is 7.12. The molecular formula is C35H41NO6S. The maximum absolute atomic E-state index is 13.8. The first kappa shape index (κ1) is 29.1. The van der Waals surface area contributed by atoms with Crippen LogP contribution in [0.4, 0.5) is 5.69 Å². The molecule has 228 valence electrons. The molecule has 0 radical (unpaired) electrons. The lowest BCUT2D eigenvalue weighted by Gasteiger charge is -2.59. The van der Waals surface area contributed by atoms with E-state index in [2.05, 4.69) is 26.8 Å². The van der Waals surface area contributed by atoms with Crippen molar-refractivity contribution >= 4 is 28.6 Å². The van der Waals surface area contributed by atoms with Gasteiger partial charge >= 0.3 is 0 Å². The summed E-state index contributed by atoms with van der Waals surface area (Å²) in [6, 6.07) is 10.1. The van der Waals surface area contributed by atoms with Gasteiger partial charge in [-0.15, -0.1) is 11.3 Å². The molecule has 4 aliphatic carbocycles. The number of hydrogen-bond acceptors (Lipinski definition) is 8. The second-order valence-corrected chi connectivity index (χ2v) is 14.9. The topological polar surface area (TPSA) is 119 Å². The number of nitrogens with two attached hydrogens (primary N) is 1. The van der Waals surface area contributed by atoms with Crippen LogP contribution < -0.4 is 5.73 Å². The molecular weight excluding hydrogens is 562 g/mol. The van der Waals surface area contributed by atoms with Gasteiger partial charge in [-0.3, -0.25) is 9.59 Å². The molecule has 1 aromatic carbocycles. The van der Waals surface area contributed by atoms with Crippen molar-refractivity contribution in [1.29, 1.82) is 0 Å². The number of ketones is 2. The number of nitrogen functional groups attached to an aromatic ring is 1. The Balaban J connectivity index is 1.21. The Hall–Kier alpha value is -2.62. The number of carbonyl (C=O) groups is 2. The molecule has 5 aliphatic rings. The molecule has 0 spiro atoms. The van der Waals surface area contributed by atoms with Crippen LogP contribution in [-0.2, 0) is 31.9 Å². The minimum atomic E-state index is -1.34. The van der Waals surface area contributed by atoms with Gasteiger partial charge in [0.25, 0.3) is 0 Å². The monoisotopic (exact) mass is 603 g/mol. The highest BCUT2D eigenvalue weighted by Gasteiger charge is 2.76. The van der Waals surface area contributed by atoms with Crippen molar-refractivity contribution in [3.05, 3.63) is 75.0 Å². The van der Waals surface area contributed by atoms with Gasteiger partial charge in [-0.25, -0.2) is 0 Å². The van der Waals surface area contributed by atoms with Crippen LogP contribution in [0, 0.1) is 28.6 Å². The summed E-state index contributed by atoms with van der Waals surface area (Å²) in [5, 5.41) is 22.2. The summed E-state index contributed by atoms with van der Waals surface area (Å²) < 4.78 is 13.5. The van der Waals surface area contributed by atoms with Crippen molar-refractivity contribution in [2.24, 2.45) is 28.6 Å². The summed E-state index contributed by atoms with van der Waals surface area (Å²) >= 11 is 1.66. The number of aryl methyl sites for hydroxylation is 1. The second-order valence-electron chi connectivity index (χ2n) is 13.7. The average Bonchev–Trinajstić information content (AvgIpc) is 3.64. The lowest BCUT2D eigenvalue weighted by atomic mass is 9.46. The fourth-order valence-electron chi connectivity index (χ4n) is 9.72. The van der Waals surface area contributed by atoms with Crippen molar-refractivity contribution in [3.63, 3.8) is 0 Å². The molecule has 43 heavy (non-hydrogen) atoms. The maximum Gasteiger partial charge on any atom is 0.194 e. The van der Waals surface area contributed by atoms with E-state index in [9.17, 15) is 19.8 Å². The second kappa shape index (κ2) is 10.2. The molecule has 2 aromatic rings. The minimum absolute atomic E-state index is 0.00762. The van der Waals surface area contributed by atoms with E-state index in [-0.39, 0.29) is 29.3 Å². The largest absolute Gasteiger partial charge is 0.399 e. The van der Waals surface area contributed by atoms with Crippen LogP contribution >= 0.6 is 11.3 Å². The molecule has 4 fully saturated rings. The number of ether oxygens (including phenoxy) is 2.